The molecule has 1 aliphatic rings. The zero-order chi connectivity index (χ0) is 13.7. The number of nitrogens with zero attached hydrogens (tertiary/aromatic N) is 3. The third-order valence-corrected chi connectivity index (χ3v) is 3.88. The first-order valence-corrected chi connectivity index (χ1v) is 7.84. The molecule has 104 valence electrons. The monoisotopic (exact) mass is 280 g/mol. The average Bonchev–Trinajstić information content (AvgIpc) is 2.45. The second-order valence-electron chi connectivity index (χ2n) is 4.53. The van der Waals surface area contributed by atoms with E-state index in [2.05, 4.69) is 9.88 Å². The molecule has 0 unspecified atom stereocenters. The maximum atomic E-state index is 11.9. The summed E-state index contributed by atoms with van der Waals surface area (Å²) in [5.41, 5.74) is 6.62. The number of piperazine rings is 1. The quantitative estimate of drug-likeness (QED) is 0.893. The molecule has 19 heavy (non-hydrogen) atoms. The summed E-state index contributed by atoms with van der Waals surface area (Å²) in [6, 6.07) is 3.69. The van der Waals surface area contributed by atoms with E-state index < -0.39 is 0 Å². The number of carbonyl (C=O) groups excluding carboxylic acids is 1. The molecule has 1 aromatic heterocycles. The zero-order valence-electron chi connectivity index (χ0n) is 11.2. The third kappa shape index (κ3) is 3.53. The van der Waals surface area contributed by atoms with Crippen LogP contribution in [0.25, 0.3) is 0 Å². The standard InChI is InChI=1S/C13H20N4OS/c1-19-10-4-12(18)16-6-8-17(9-7-16)13-11(14)3-2-5-15-13/h2-3,5H,4,6-10,14H2,1H3. The Bertz CT molecular complexity index is 432. The van der Waals surface area contributed by atoms with Crippen molar-refractivity contribution in [2.45, 2.75) is 6.42 Å². The van der Waals surface area contributed by atoms with Crippen LogP contribution in [0.1, 0.15) is 6.42 Å². The molecule has 0 radical (unpaired) electrons. The minimum Gasteiger partial charge on any atom is -0.396 e. The van der Waals surface area contributed by atoms with Crippen molar-refractivity contribution < 1.29 is 4.79 Å². The number of amides is 1. The van der Waals surface area contributed by atoms with Crippen molar-refractivity contribution in [2.24, 2.45) is 0 Å². The topological polar surface area (TPSA) is 62.5 Å². The summed E-state index contributed by atoms with van der Waals surface area (Å²) in [5, 5.41) is 0. The Morgan fingerprint density at radius 1 is 1.42 bits per heavy atom. The van der Waals surface area contributed by atoms with Gasteiger partial charge < -0.3 is 15.5 Å². The van der Waals surface area contributed by atoms with Gasteiger partial charge in [0.15, 0.2) is 5.82 Å². The predicted molar refractivity (Wildman–Crippen MR) is 80.4 cm³/mol. The summed E-state index contributed by atoms with van der Waals surface area (Å²) < 4.78 is 0. The molecule has 0 spiro atoms. The van der Waals surface area contributed by atoms with E-state index in [-0.39, 0.29) is 5.91 Å². The van der Waals surface area contributed by atoms with Crippen LogP contribution in [0.5, 0.6) is 0 Å². The molecule has 0 aliphatic carbocycles. The fourth-order valence-corrected chi connectivity index (χ4v) is 2.57. The molecule has 1 aliphatic heterocycles. The molecule has 6 heteroatoms. The second kappa shape index (κ2) is 6.65. The Balaban J connectivity index is 1.89. The van der Waals surface area contributed by atoms with Crippen molar-refractivity contribution in [1.82, 2.24) is 9.88 Å². The normalized spacial score (nSPS) is 15.6. The van der Waals surface area contributed by atoms with E-state index in [0.717, 1.165) is 37.7 Å². The van der Waals surface area contributed by atoms with Crippen molar-refractivity contribution in [3.63, 3.8) is 0 Å². The molecule has 0 atom stereocenters. The number of aromatic nitrogens is 1. The summed E-state index contributed by atoms with van der Waals surface area (Å²) in [4.78, 5) is 20.3. The molecule has 0 aromatic carbocycles. The van der Waals surface area contributed by atoms with Crippen molar-refractivity contribution in [2.75, 3.05) is 48.8 Å². The van der Waals surface area contributed by atoms with Crippen LogP contribution in [0.4, 0.5) is 11.5 Å². The SMILES string of the molecule is CSCCC(=O)N1CCN(c2ncccc2N)CC1. The lowest BCUT2D eigenvalue weighted by atomic mass is 10.2. The van der Waals surface area contributed by atoms with Crippen LogP contribution in [0.3, 0.4) is 0 Å². The largest absolute Gasteiger partial charge is 0.396 e. The number of rotatable bonds is 4. The van der Waals surface area contributed by atoms with Gasteiger partial charge in [0.25, 0.3) is 0 Å². The van der Waals surface area contributed by atoms with Gasteiger partial charge in [-0.1, -0.05) is 0 Å². The first-order chi connectivity index (χ1) is 9.22. The Morgan fingerprint density at radius 3 is 2.79 bits per heavy atom. The van der Waals surface area contributed by atoms with Gasteiger partial charge in [0, 0.05) is 44.5 Å². The number of carbonyl (C=O) groups is 1. The molecule has 0 bridgehead atoms. The van der Waals surface area contributed by atoms with E-state index in [1.165, 1.54) is 0 Å². The van der Waals surface area contributed by atoms with Crippen LogP contribution in [0, 0.1) is 0 Å². The van der Waals surface area contributed by atoms with Crippen molar-refractivity contribution in [1.29, 1.82) is 0 Å². The minimum absolute atomic E-state index is 0.253. The first kappa shape index (κ1) is 14.0. The van der Waals surface area contributed by atoms with Crippen LogP contribution in [-0.4, -0.2) is 54.0 Å². The lowest BCUT2D eigenvalue weighted by Gasteiger charge is -2.35. The van der Waals surface area contributed by atoms with Gasteiger partial charge in [-0.15, -0.1) is 0 Å². The Kier molecular flexibility index (Phi) is 4.90. The molecule has 2 heterocycles. The number of pyridine rings is 1. The number of nitrogen functional groups attached to an aromatic ring is 1. The van der Waals surface area contributed by atoms with E-state index in [0.29, 0.717) is 12.1 Å². The maximum Gasteiger partial charge on any atom is 0.223 e. The number of thioether (sulfide) groups is 1. The van der Waals surface area contributed by atoms with E-state index in [9.17, 15) is 4.79 Å². The van der Waals surface area contributed by atoms with Gasteiger partial charge >= 0.3 is 0 Å². The van der Waals surface area contributed by atoms with E-state index in [4.69, 9.17) is 5.73 Å². The summed E-state index contributed by atoms with van der Waals surface area (Å²) >= 11 is 1.71. The number of nitrogens with two attached hydrogens (primary N) is 1. The highest BCUT2D eigenvalue weighted by molar-refractivity contribution is 7.98. The second-order valence-corrected chi connectivity index (χ2v) is 5.51. The molecule has 5 nitrogen and oxygen atoms in total. The van der Waals surface area contributed by atoms with Crippen molar-refractivity contribution in [3.8, 4) is 0 Å². The van der Waals surface area contributed by atoms with E-state index in [1.54, 1.807) is 18.0 Å². The average molecular weight is 280 g/mol. The zero-order valence-corrected chi connectivity index (χ0v) is 12.0. The third-order valence-electron chi connectivity index (χ3n) is 3.27. The van der Waals surface area contributed by atoms with Gasteiger partial charge in [0.05, 0.1) is 5.69 Å². The molecule has 2 N–H and O–H groups in total. The Morgan fingerprint density at radius 2 is 2.16 bits per heavy atom. The Hall–Kier alpha value is -1.43. The molecular formula is C13H20N4OS. The summed E-state index contributed by atoms with van der Waals surface area (Å²) in [7, 11) is 0. The number of anilines is 2. The fraction of sp³-hybridized carbons (Fsp3) is 0.538. The van der Waals surface area contributed by atoms with Crippen molar-refractivity contribution >= 4 is 29.2 Å². The summed E-state index contributed by atoms with van der Waals surface area (Å²) in [6.07, 6.45) is 4.41. The lowest BCUT2D eigenvalue weighted by molar-refractivity contribution is -0.131. The van der Waals surface area contributed by atoms with E-state index in [1.807, 2.05) is 23.3 Å². The molecular weight excluding hydrogens is 260 g/mol. The number of hydrogen-bond acceptors (Lipinski definition) is 5. The van der Waals surface area contributed by atoms with Gasteiger partial charge in [0.1, 0.15) is 0 Å². The highest BCUT2D eigenvalue weighted by Crippen LogP contribution is 2.20. The van der Waals surface area contributed by atoms with Crippen molar-refractivity contribution in [3.05, 3.63) is 18.3 Å². The van der Waals surface area contributed by atoms with Crippen LogP contribution in [0.15, 0.2) is 18.3 Å². The van der Waals surface area contributed by atoms with Gasteiger partial charge in [-0.2, -0.15) is 11.8 Å². The van der Waals surface area contributed by atoms with E-state index >= 15 is 0 Å². The van der Waals surface area contributed by atoms with Crippen LogP contribution in [0.2, 0.25) is 0 Å². The smallest absolute Gasteiger partial charge is 0.223 e. The molecule has 2 rings (SSSR count). The highest BCUT2D eigenvalue weighted by atomic mass is 32.2. The fourth-order valence-electron chi connectivity index (χ4n) is 2.19. The van der Waals surface area contributed by atoms with Crippen LogP contribution < -0.4 is 10.6 Å². The minimum atomic E-state index is 0.253. The Labute approximate surface area is 118 Å². The molecule has 1 saturated heterocycles. The van der Waals surface area contributed by atoms with Gasteiger partial charge in [-0.05, 0) is 18.4 Å². The summed E-state index contributed by atoms with van der Waals surface area (Å²) in [5.74, 6) is 1.98. The molecule has 0 saturated carbocycles. The maximum absolute atomic E-state index is 11.9. The molecule has 1 aromatic rings. The number of hydrogen-bond donors (Lipinski definition) is 1. The molecule has 1 amide bonds. The first-order valence-electron chi connectivity index (χ1n) is 6.44. The highest BCUT2D eigenvalue weighted by Gasteiger charge is 2.22. The predicted octanol–water partition coefficient (Wildman–Crippen LogP) is 1.07. The van der Waals surface area contributed by atoms with Crippen LogP contribution in [-0.2, 0) is 4.79 Å². The van der Waals surface area contributed by atoms with Gasteiger partial charge in [-0.25, -0.2) is 4.98 Å². The lowest BCUT2D eigenvalue weighted by Crippen LogP contribution is -2.49. The van der Waals surface area contributed by atoms with Gasteiger partial charge in [0.2, 0.25) is 5.91 Å². The van der Waals surface area contributed by atoms with Crippen LogP contribution >= 0.6 is 11.8 Å². The summed E-state index contributed by atoms with van der Waals surface area (Å²) in [6.45, 7) is 3.10. The molecule has 1 fully saturated rings. The van der Waals surface area contributed by atoms with Gasteiger partial charge in [-0.3, -0.25) is 4.79 Å².